The van der Waals surface area contributed by atoms with E-state index in [1.165, 1.54) is 24.5 Å². The molecule has 136 valence electrons. The van der Waals surface area contributed by atoms with Crippen molar-refractivity contribution >= 4 is 28.6 Å². The zero-order chi connectivity index (χ0) is 18.2. The van der Waals surface area contributed by atoms with Crippen LogP contribution in [0, 0.1) is 11.7 Å². The van der Waals surface area contributed by atoms with Gasteiger partial charge >= 0.3 is 0 Å². The van der Waals surface area contributed by atoms with Crippen molar-refractivity contribution in [3.8, 4) is 0 Å². The van der Waals surface area contributed by atoms with Crippen molar-refractivity contribution < 1.29 is 4.39 Å². The highest BCUT2D eigenvalue weighted by Gasteiger charge is 2.27. The first-order chi connectivity index (χ1) is 13.2. The van der Waals surface area contributed by atoms with Gasteiger partial charge in [0.2, 0.25) is 5.95 Å². The largest absolute Gasteiger partial charge is 0.350 e. The van der Waals surface area contributed by atoms with Gasteiger partial charge in [0.1, 0.15) is 17.5 Å². The lowest BCUT2D eigenvalue weighted by atomic mass is 10.2. The molecule has 0 atom stereocenters. The fourth-order valence-electron chi connectivity index (χ4n) is 3.18. The molecule has 3 aromatic rings. The van der Waals surface area contributed by atoms with Crippen molar-refractivity contribution in [1.82, 2.24) is 19.9 Å². The average Bonchev–Trinajstić information content (AvgIpc) is 3.25. The van der Waals surface area contributed by atoms with Crippen LogP contribution in [0.15, 0.2) is 47.4 Å². The standard InChI is InChI=1S/C19H18FN7/c20-14-7-16-15(24-10-25-16)5-13(14)9-23-19-21-4-3-17(27-19)26-18-6-12(8-22-18)11-1-2-11/h3-7,10-11H,1-2,8-9H2,(H,24,25)(H2,21,22,23,26,27). The summed E-state index contributed by atoms with van der Waals surface area (Å²) < 4.78 is 14.2. The van der Waals surface area contributed by atoms with Crippen molar-refractivity contribution in [2.45, 2.75) is 19.4 Å². The Labute approximate surface area is 154 Å². The Morgan fingerprint density at radius 3 is 3.04 bits per heavy atom. The summed E-state index contributed by atoms with van der Waals surface area (Å²) in [7, 11) is 0. The fourth-order valence-corrected chi connectivity index (χ4v) is 3.18. The molecule has 1 fully saturated rings. The van der Waals surface area contributed by atoms with E-state index in [0.29, 0.717) is 22.8 Å². The number of amidine groups is 1. The topological polar surface area (TPSA) is 90.9 Å². The predicted molar refractivity (Wildman–Crippen MR) is 102 cm³/mol. The van der Waals surface area contributed by atoms with Crippen LogP contribution in [0.5, 0.6) is 0 Å². The molecule has 1 aromatic carbocycles. The molecule has 0 bridgehead atoms. The summed E-state index contributed by atoms with van der Waals surface area (Å²) in [4.78, 5) is 20.2. The monoisotopic (exact) mass is 363 g/mol. The molecule has 2 aromatic heterocycles. The maximum Gasteiger partial charge on any atom is 0.224 e. The van der Waals surface area contributed by atoms with E-state index in [0.717, 1.165) is 23.8 Å². The third-order valence-electron chi connectivity index (χ3n) is 4.79. The predicted octanol–water partition coefficient (Wildman–Crippen LogP) is 3.26. The van der Waals surface area contributed by atoms with Crippen molar-refractivity contribution in [3.05, 3.63) is 53.8 Å². The Hall–Kier alpha value is -3.29. The summed E-state index contributed by atoms with van der Waals surface area (Å²) >= 11 is 0. The number of rotatable bonds is 5. The molecule has 1 aliphatic carbocycles. The molecule has 0 radical (unpaired) electrons. The average molecular weight is 363 g/mol. The van der Waals surface area contributed by atoms with Crippen molar-refractivity contribution in [3.63, 3.8) is 0 Å². The third kappa shape index (κ3) is 3.38. The van der Waals surface area contributed by atoms with Crippen LogP contribution in [0.1, 0.15) is 18.4 Å². The van der Waals surface area contributed by atoms with Crippen molar-refractivity contribution in [2.24, 2.45) is 10.9 Å². The molecule has 0 amide bonds. The van der Waals surface area contributed by atoms with Gasteiger partial charge < -0.3 is 15.6 Å². The number of halogens is 1. The molecule has 8 heteroatoms. The Balaban J connectivity index is 1.27. The van der Waals surface area contributed by atoms with Crippen LogP contribution in [0.25, 0.3) is 11.0 Å². The van der Waals surface area contributed by atoms with Gasteiger partial charge in [-0.3, -0.25) is 4.99 Å². The Bertz CT molecular complexity index is 1060. The number of benzene rings is 1. The van der Waals surface area contributed by atoms with Crippen LogP contribution in [-0.2, 0) is 6.54 Å². The minimum Gasteiger partial charge on any atom is -0.350 e. The van der Waals surface area contributed by atoms with Crippen molar-refractivity contribution in [1.29, 1.82) is 0 Å². The van der Waals surface area contributed by atoms with Crippen LogP contribution in [0.4, 0.5) is 16.2 Å². The van der Waals surface area contributed by atoms with E-state index in [4.69, 9.17) is 0 Å². The van der Waals surface area contributed by atoms with E-state index in [-0.39, 0.29) is 12.4 Å². The first-order valence-corrected chi connectivity index (χ1v) is 8.95. The van der Waals surface area contributed by atoms with Crippen LogP contribution in [-0.4, -0.2) is 32.3 Å². The fraction of sp³-hybridized carbons (Fsp3) is 0.263. The number of nitrogens with zero attached hydrogens (tertiary/aromatic N) is 4. The Morgan fingerprint density at radius 2 is 2.15 bits per heavy atom. The minimum atomic E-state index is -0.311. The van der Waals surface area contributed by atoms with Crippen LogP contribution in [0.2, 0.25) is 0 Å². The summed E-state index contributed by atoms with van der Waals surface area (Å²) in [6.45, 7) is 1.05. The van der Waals surface area contributed by atoms with Gasteiger partial charge in [-0.15, -0.1) is 0 Å². The number of anilines is 2. The first-order valence-electron chi connectivity index (χ1n) is 8.95. The van der Waals surface area contributed by atoms with E-state index in [1.807, 2.05) is 0 Å². The molecule has 0 unspecified atom stereocenters. The van der Waals surface area contributed by atoms with Gasteiger partial charge in [0.15, 0.2) is 0 Å². The quantitative estimate of drug-likeness (QED) is 0.647. The maximum atomic E-state index is 14.2. The third-order valence-corrected chi connectivity index (χ3v) is 4.79. The van der Waals surface area contributed by atoms with Crippen LogP contribution < -0.4 is 10.6 Å². The second-order valence-electron chi connectivity index (χ2n) is 6.80. The zero-order valence-corrected chi connectivity index (χ0v) is 14.5. The van der Waals surface area contributed by atoms with E-state index in [9.17, 15) is 4.39 Å². The highest BCUT2D eigenvalue weighted by atomic mass is 19.1. The maximum absolute atomic E-state index is 14.2. The molecular formula is C19H18FN7. The molecule has 3 heterocycles. The van der Waals surface area contributed by atoms with Crippen LogP contribution >= 0.6 is 0 Å². The second-order valence-corrected chi connectivity index (χ2v) is 6.80. The molecule has 3 N–H and O–H groups in total. The molecule has 1 aliphatic heterocycles. The van der Waals surface area contributed by atoms with Gasteiger partial charge in [-0.25, -0.2) is 14.4 Å². The van der Waals surface area contributed by atoms with Crippen molar-refractivity contribution in [2.75, 3.05) is 17.2 Å². The summed E-state index contributed by atoms with van der Waals surface area (Å²) in [6, 6.07) is 4.95. The number of fused-ring (bicyclic) bond motifs is 1. The summed E-state index contributed by atoms with van der Waals surface area (Å²) in [5, 5.41) is 6.29. The number of nitrogens with one attached hydrogen (secondary N) is 3. The van der Waals surface area contributed by atoms with Gasteiger partial charge in [0.05, 0.1) is 23.9 Å². The van der Waals surface area contributed by atoms with E-state index < -0.39 is 0 Å². The van der Waals surface area contributed by atoms with Gasteiger partial charge in [0, 0.05) is 24.4 Å². The molecule has 5 rings (SSSR count). The number of aromatic amines is 1. The van der Waals surface area contributed by atoms with Gasteiger partial charge in [-0.05, 0) is 42.5 Å². The normalized spacial score (nSPS) is 16.3. The lowest BCUT2D eigenvalue weighted by Crippen LogP contribution is -2.11. The molecule has 2 aliphatic rings. The van der Waals surface area contributed by atoms with Crippen LogP contribution in [0.3, 0.4) is 0 Å². The SMILES string of the molecule is Fc1cc2nc[nH]c2cc1CNc1nccc(NC2=NCC(C3CC3)=C2)n1. The molecular weight excluding hydrogens is 345 g/mol. The van der Waals surface area contributed by atoms with E-state index in [2.05, 4.69) is 41.6 Å². The number of aliphatic imine (C=N–C) groups is 1. The molecule has 27 heavy (non-hydrogen) atoms. The zero-order valence-electron chi connectivity index (χ0n) is 14.5. The van der Waals surface area contributed by atoms with Gasteiger partial charge in [-0.2, -0.15) is 4.98 Å². The minimum absolute atomic E-state index is 0.275. The number of hydrogen-bond acceptors (Lipinski definition) is 6. The number of imidazole rings is 1. The van der Waals surface area contributed by atoms with Gasteiger partial charge in [-0.1, -0.05) is 0 Å². The number of hydrogen-bond donors (Lipinski definition) is 3. The molecule has 1 saturated carbocycles. The Kier molecular flexibility index (Phi) is 3.81. The summed E-state index contributed by atoms with van der Waals surface area (Å²) in [5.41, 5.74) is 3.32. The summed E-state index contributed by atoms with van der Waals surface area (Å²) in [6.07, 6.45) is 7.87. The highest BCUT2D eigenvalue weighted by Crippen LogP contribution is 2.37. The highest BCUT2D eigenvalue weighted by molar-refractivity contribution is 6.05. The molecule has 0 saturated heterocycles. The molecule has 0 spiro atoms. The second kappa shape index (κ2) is 6.46. The van der Waals surface area contributed by atoms with E-state index >= 15 is 0 Å². The number of H-pyrrole nitrogens is 1. The summed E-state index contributed by atoms with van der Waals surface area (Å²) in [5.74, 6) is 2.32. The van der Waals surface area contributed by atoms with Gasteiger partial charge in [0.25, 0.3) is 0 Å². The first kappa shape index (κ1) is 15.9. The smallest absolute Gasteiger partial charge is 0.224 e. The lowest BCUT2D eigenvalue weighted by Gasteiger charge is -2.08. The molecule has 7 nitrogen and oxygen atoms in total. The lowest BCUT2D eigenvalue weighted by molar-refractivity contribution is 0.614. The number of aromatic nitrogens is 4. The van der Waals surface area contributed by atoms with E-state index in [1.54, 1.807) is 24.7 Å². The Morgan fingerprint density at radius 1 is 1.22 bits per heavy atom.